The minimum Gasteiger partial charge on any atom is -0.462 e. The molecule has 1 saturated heterocycles. The van der Waals surface area contributed by atoms with Crippen LogP contribution < -0.4 is 0 Å². The highest BCUT2D eigenvalue weighted by atomic mass is 16.6. The van der Waals surface area contributed by atoms with Gasteiger partial charge >= 0.3 is 29.8 Å². The first kappa shape index (κ1) is 30.3. The number of carbonyl (C=O) groups is 5. The summed E-state index contributed by atoms with van der Waals surface area (Å²) in [6.07, 6.45) is -3.61. The number of allylic oxidation sites excluding steroid dienone is 1. The largest absolute Gasteiger partial charge is 0.462 e. The zero-order valence-corrected chi connectivity index (χ0v) is 23.5. The van der Waals surface area contributed by atoms with Crippen LogP contribution >= 0.6 is 0 Å². The smallest absolute Gasteiger partial charge is 0.312 e. The number of carbonyl (C=O) groups excluding carboxylic acids is 5. The molecule has 0 aromatic heterocycles. The summed E-state index contributed by atoms with van der Waals surface area (Å²) in [7, 11) is 0. The van der Waals surface area contributed by atoms with Crippen molar-refractivity contribution >= 4 is 29.8 Å². The van der Waals surface area contributed by atoms with Crippen LogP contribution in [0.2, 0.25) is 0 Å². The normalized spacial score (nSPS) is 39.6. The van der Waals surface area contributed by atoms with Crippen LogP contribution in [0.1, 0.15) is 67.7 Å². The minimum absolute atomic E-state index is 0.0128. The molecular weight excluding hydrogens is 512 g/mol. The van der Waals surface area contributed by atoms with E-state index in [4.69, 9.17) is 23.7 Å². The molecule has 1 saturated carbocycles. The Morgan fingerprint density at radius 2 is 1.51 bits per heavy atom. The van der Waals surface area contributed by atoms with E-state index in [1.165, 1.54) is 27.7 Å². The molecule has 11 heteroatoms. The Morgan fingerprint density at radius 1 is 0.974 bits per heavy atom. The van der Waals surface area contributed by atoms with Crippen LogP contribution in [-0.2, 0) is 47.7 Å². The van der Waals surface area contributed by atoms with E-state index in [2.05, 4.69) is 6.58 Å². The molecule has 0 radical (unpaired) electrons. The van der Waals surface area contributed by atoms with Gasteiger partial charge in [0, 0.05) is 40.0 Å². The van der Waals surface area contributed by atoms with Gasteiger partial charge in [0.1, 0.15) is 24.4 Å². The molecule has 3 aliphatic rings. The molecule has 2 fully saturated rings. The van der Waals surface area contributed by atoms with Crippen molar-refractivity contribution in [3.05, 3.63) is 23.8 Å². The topological polar surface area (TPSA) is 152 Å². The van der Waals surface area contributed by atoms with E-state index in [1.807, 2.05) is 0 Å². The van der Waals surface area contributed by atoms with Gasteiger partial charge in [0.2, 0.25) is 0 Å². The van der Waals surface area contributed by atoms with Gasteiger partial charge < -0.3 is 28.8 Å². The van der Waals surface area contributed by atoms with Gasteiger partial charge in [-0.05, 0) is 32.8 Å². The number of hydrogen-bond acceptors (Lipinski definition) is 11. The Bertz CT molecular complexity index is 1090. The van der Waals surface area contributed by atoms with Crippen LogP contribution in [0.15, 0.2) is 23.8 Å². The summed E-state index contributed by atoms with van der Waals surface area (Å²) in [5, 5.41) is 12.3. The zero-order valence-electron chi connectivity index (χ0n) is 23.5. The van der Waals surface area contributed by atoms with Crippen molar-refractivity contribution in [1.29, 1.82) is 0 Å². The molecule has 1 aliphatic heterocycles. The Kier molecular flexibility index (Phi) is 8.64. The molecule has 0 unspecified atom stereocenters. The Morgan fingerprint density at radius 3 is 2.05 bits per heavy atom. The quantitative estimate of drug-likeness (QED) is 0.312. The third-order valence-corrected chi connectivity index (χ3v) is 8.17. The van der Waals surface area contributed by atoms with E-state index in [1.54, 1.807) is 19.9 Å². The van der Waals surface area contributed by atoms with E-state index in [-0.39, 0.29) is 12.8 Å². The second kappa shape index (κ2) is 11.1. The lowest BCUT2D eigenvalue weighted by molar-refractivity contribution is -0.235. The first-order valence-electron chi connectivity index (χ1n) is 13.0. The van der Waals surface area contributed by atoms with E-state index >= 15 is 0 Å². The maximum absolute atomic E-state index is 12.8. The van der Waals surface area contributed by atoms with E-state index < -0.39 is 83.2 Å². The summed E-state index contributed by atoms with van der Waals surface area (Å²) in [5.41, 5.74) is -2.41. The SMILES string of the molecule is C=C1C[C@H](OC(C)=O)[C@H](OC(C)=O)[C@]2(C)[C@@H](OC(C)=O)CC/C(C)=C\[C@@H]3OC(=O)[C@H](C)[C@]3(O)[C@@H](OC(C)=O)[C@@H]12. The zero-order chi connectivity index (χ0) is 29.4. The number of ether oxygens (including phenoxy) is 5. The van der Waals surface area contributed by atoms with Gasteiger partial charge in [0.05, 0.1) is 11.3 Å². The van der Waals surface area contributed by atoms with Crippen molar-refractivity contribution in [3.63, 3.8) is 0 Å². The fraction of sp³-hybridized carbons (Fsp3) is 0.679. The monoisotopic (exact) mass is 550 g/mol. The molecule has 0 amide bonds. The molecule has 1 N–H and O–H groups in total. The van der Waals surface area contributed by atoms with E-state index in [0.717, 1.165) is 12.5 Å². The summed E-state index contributed by atoms with van der Waals surface area (Å²) >= 11 is 0. The van der Waals surface area contributed by atoms with Crippen LogP contribution in [0, 0.1) is 17.3 Å². The number of rotatable bonds is 4. The van der Waals surface area contributed by atoms with E-state index in [0.29, 0.717) is 12.0 Å². The molecule has 39 heavy (non-hydrogen) atoms. The Hall–Kier alpha value is -3.21. The maximum Gasteiger partial charge on any atom is 0.312 e. The fourth-order valence-corrected chi connectivity index (χ4v) is 6.47. The lowest BCUT2D eigenvalue weighted by atomic mass is 9.54. The third kappa shape index (κ3) is 5.59. The fourth-order valence-electron chi connectivity index (χ4n) is 6.47. The van der Waals surface area contributed by atoms with Gasteiger partial charge in [-0.1, -0.05) is 24.6 Å². The maximum atomic E-state index is 12.8. The van der Waals surface area contributed by atoms with Gasteiger partial charge in [-0.3, -0.25) is 24.0 Å². The molecule has 1 heterocycles. The van der Waals surface area contributed by atoms with Crippen molar-refractivity contribution in [2.45, 2.75) is 104 Å². The number of esters is 5. The molecule has 0 bridgehead atoms. The van der Waals surface area contributed by atoms with Crippen LogP contribution in [0.25, 0.3) is 0 Å². The predicted octanol–water partition coefficient (Wildman–Crippen LogP) is 2.33. The highest BCUT2D eigenvalue weighted by Crippen LogP contribution is 2.56. The summed E-state index contributed by atoms with van der Waals surface area (Å²) in [6, 6.07) is 0. The molecule has 9 atom stereocenters. The van der Waals surface area contributed by atoms with Gasteiger partial charge in [-0.15, -0.1) is 0 Å². The molecule has 0 spiro atoms. The second-order valence-electron chi connectivity index (χ2n) is 11.0. The van der Waals surface area contributed by atoms with Crippen molar-refractivity contribution in [3.8, 4) is 0 Å². The lowest BCUT2D eigenvalue weighted by Crippen LogP contribution is -2.68. The van der Waals surface area contributed by atoms with Gasteiger partial charge in [-0.2, -0.15) is 0 Å². The minimum atomic E-state index is -2.06. The number of hydrogen-bond donors (Lipinski definition) is 1. The molecule has 11 nitrogen and oxygen atoms in total. The average molecular weight is 551 g/mol. The van der Waals surface area contributed by atoms with Gasteiger partial charge in [0.15, 0.2) is 11.7 Å². The van der Waals surface area contributed by atoms with Crippen LogP contribution in [-0.4, -0.2) is 71.1 Å². The summed E-state index contributed by atoms with van der Waals surface area (Å²) in [6.45, 7) is 13.9. The molecule has 2 aliphatic carbocycles. The Labute approximate surface area is 227 Å². The summed E-state index contributed by atoms with van der Waals surface area (Å²) in [5.74, 6) is -5.52. The summed E-state index contributed by atoms with van der Waals surface area (Å²) in [4.78, 5) is 62.2. The molecule has 3 rings (SSSR count). The van der Waals surface area contributed by atoms with E-state index in [9.17, 15) is 29.1 Å². The van der Waals surface area contributed by atoms with Crippen molar-refractivity contribution < 1.29 is 52.8 Å². The average Bonchev–Trinajstić information content (AvgIpc) is 3.01. The lowest BCUT2D eigenvalue weighted by Gasteiger charge is -2.56. The van der Waals surface area contributed by atoms with Gasteiger partial charge in [-0.25, -0.2) is 0 Å². The summed E-state index contributed by atoms with van der Waals surface area (Å²) < 4.78 is 28.6. The highest BCUT2D eigenvalue weighted by Gasteiger charge is 2.69. The molecule has 216 valence electrons. The van der Waals surface area contributed by atoms with Crippen LogP contribution in [0.3, 0.4) is 0 Å². The van der Waals surface area contributed by atoms with Crippen LogP contribution in [0.4, 0.5) is 0 Å². The highest BCUT2D eigenvalue weighted by molar-refractivity contribution is 5.78. The molecule has 0 aromatic rings. The molecular formula is C28H38O11. The van der Waals surface area contributed by atoms with Crippen molar-refractivity contribution in [2.75, 3.05) is 0 Å². The first-order chi connectivity index (χ1) is 18.0. The van der Waals surface area contributed by atoms with Crippen molar-refractivity contribution in [1.82, 2.24) is 0 Å². The standard InChI is InChI=1S/C28H38O11/c1-13-9-10-21(36-17(5)30)27(8)23(14(2)12-20(35-16(4)29)24(27)37-18(6)31)25(38-19(7)32)28(34)15(3)26(33)39-22(28)11-13/h11,15,20-25,34H,2,9-10,12H2,1,3-8H3/b13-11-/t15-,20-,21-,22-,23+,24-,25-,27+,28+/m0/s1. The number of aliphatic hydroxyl groups is 1. The predicted molar refractivity (Wildman–Crippen MR) is 135 cm³/mol. The van der Waals surface area contributed by atoms with Gasteiger partial charge in [0.25, 0.3) is 0 Å². The van der Waals surface area contributed by atoms with Crippen molar-refractivity contribution in [2.24, 2.45) is 17.3 Å². The molecule has 0 aromatic carbocycles. The van der Waals surface area contributed by atoms with Crippen LogP contribution in [0.5, 0.6) is 0 Å². The Balaban J connectivity index is 2.39. The second-order valence-corrected chi connectivity index (χ2v) is 11.0. The third-order valence-electron chi connectivity index (χ3n) is 8.17. The number of fused-ring (bicyclic) bond motifs is 2. The first-order valence-corrected chi connectivity index (χ1v) is 13.0.